The van der Waals surface area contributed by atoms with Gasteiger partial charge in [-0.25, -0.2) is 4.79 Å². The molecule has 0 N–H and O–H groups in total. The highest BCUT2D eigenvalue weighted by Gasteiger charge is 2.29. The maximum atomic E-state index is 12.0. The fourth-order valence-electron chi connectivity index (χ4n) is 1.48. The van der Waals surface area contributed by atoms with Crippen LogP contribution in [-0.4, -0.2) is 39.6 Å². The van der Waals surface area contributed by atoms with Gasteiger partial charge in [0.1, 0.15) is 11.6 Å². The summed E-state index contributed by atoms with van der Waals surface area (Å²) in [5, 5.41) is -0.668. The van der Waals surface area contributed by atoms with E-state index < -0.39 is 33.6 Å². The molecule has 0 aromatic heterocycles. The minimum atomic E-state index is -1.03. The molecule has 0 aromatic carbocycles. The number of hydrogen-bond acceptors (Lipinski definition) is 8. The number of hydrogen-bond donors (Lipinski definition) is 1. The maximum absolute atomic E-state index is 12.0. The Hall–Kier alpha value is -1.02. The van der Waals surface area contributed by atoms with Crippen molar-refractivity contribution in [2.45, 2.75) is 65.9 Å². The second-order valence-corrected chi connectivity index (χ2v) is 9.47. The van der Waals surface area contributed by atoms with Crippen LogP contribution >= 0.6 is 24.4 Å². The molecule has 0 unspecified atom stereocenters. The van der Waals surface area contributed by atoms with Crippen LogP contribution in [0.2, 0.25) is 0 Å². The summed E-state index contributed by atoms with van der Waals surface area (Å²) < 4.78 is 9.17. The highest BCUT2D eigenvalue weighted by Crippen LogP contribution is 2.23. The molecule has 0 aliphatic rings. The number of esters is 1. The zero-order valence-electron chi connectivity index (χ0n) is 15.9. The molecule has 0 heterocycles. The number of carbonyl (C=O) groups excluding carboxylic acids is 4. The number of ketones is 2. The Labute approximate surface area is 159 Å². The molecule has 0 rings (SSSR count). The largest absolute Gasteiger partial charge is 0.425 e. The fraction of sp³-hybridized carbons (Fsp3) is 0.765. The molecule has 0 aromatic rings. The summed E-state index contributed by atoms with van der Waals surface area (Å²) >= 11 is 4.97. The van der Waals surface area contributed by atoms with Crippen molar-refractivity contribution < 1.29 is 28.7 Å². The van der Waals surface area contributed by atoms with Crippen LogP contribution in [0.4, 0.5) is 4.79 Å². The van der Waals surface area contributed by atoms with Gasteiger partial charge in [0.25, 0.3) is 0 Å². The maximum Gasteiger partial charge on any atom is 0.370 e. The number of carbonyl (C=O) groups is 4. The standard InChI is InChI=1S/C17H28O6S2/c1-10(18)12(8-13(19)17(6,7)24)9-25-15(21)23-11(2)22-14(20)16(3,4)5/h11-12,24H,8-9H2,1-7H3/t11-,12+/m1/s1. The van der Waals surface area contributed by atoms with E-state index in [0.717, 1.165) is 11.8 Å². The molecule has 0 amide bonds. The molecule has 25 heavy (non-hydrogen) atoms. The lowest BCUT2D eigenvalue weighted by Crippen LogP contribution is -2.30. The van der Waals surface area contributed by atoms with Crippen LogP contribution in [0.5, 0.6) is 0 Å². The van der Waals surface area contributed by atoms with Gasteiger partial charge >= 0.3 is 11.3 Å². The number of thioether (sulfide) groups is 1. The third-order valence-corrected chi connectivity index (χ3v) is 4.39. The summed E-state index contributed by atoms with van der Waals surface area (Å²) in [5.74, 6) is -1.31. The molecular formula is C17H28O6S2. The van der Waals surface area contributed by atoms with Gasteiger partial charge in [-0.05, 0) is 53.3 Å². The summed E-state index contributed by atoms with van der Waals surface area (Å²) in [4.78, 5) is 47.2. The van der Waals surface area contributed by atoms with Gasteiger partial charge in [-0.2, -0.15) is 12.6 Å². The summed E-state index contributed by atoms with van der Waals surface area (Å²) in [6.45, 7) is 11.2. The molecule has 0 saturated carbocycles. The van der Waals surface area contributed by atoms with E-state index >= 15 is 0 Å². The Morgan fingerprint density at radius 2 is 1.56 bits per heavy atom. The predicted molar refractivity (Wildman–Crippen MR) is 101 cm³/mol. The van der Waals surface area contributed by atoms with Crippen molar-refractivity contribution in [3.8, 4) is 0 Å². The van der Waals surface area contributed by atoms with E-state index in [1.54, 1.807) is 34.6 Å². The van der Waals surface area contributed by atoms with Gasteiger partial charge in [-0.15, -0.1) is 0 Å². The molecule has 0 aliphatic carbocycles. The van der Waals surface area contributed by atoms with Crippen molar-refractivity contribution >= 4 is 47.2 Å². The average Bonchev–Trinajstić information content (AvgIpc) is 2.40. The number of rotatable bonds is 8. The van der Waals surface area contributed by atoms with Gasteiger partial charge in [-0.3, -0.25) is 14.4 Å². The monoisotopic (exact) mass is 392 g/mol. The minimum absolute atomic E-state index is 0.0146. The highest BCUT2D eigenvalue weighted by molar-refractivity contribution is 8.13. The van der Waals surface area contributed by atoms with Crippen LogP contribution < -0.4 is 0 Å². The number of Topliss-reactive ketones (excluding diaryl/α,β-unsaturated/α-hetero) is 2. The lowest BCUT2D eigenvalue weighted by Gasteiger charge is -2.21. The average molecular weight is 393 g/mol. The first-order chi connectivity index (χ1) is 11.1. The first kappa shape index (κ1) is 24.0. The summed E-state index contributed by atoms with van der Waals surface area (Å²) in [6, 6.07) is 0. The van der Waals surface area contributed by atoms with E-state index in [0.29, 0.717) is 0 Å². The molecule has 0 spiro atoms. The van der Waals surface area contributed by atoms with Crippen LogP contribution in [0.15, 0.2) is 0 Å². The zero-order chi connectivity index (χ0) is 20.0. The topological polar surface area (TPSA) is 86.7 Å². The molecule has 6 nitrogen and oxygen atoms in total. The van der Waals surface area contributed by atoms with E-state index in [-0.39, 0.29) is 23.7 Å². The van der Waals surface area contributed by atoms with Gasteiger partial charge in [0.15, 0.2) is 0 Å². The lowest BCUT2D eigenvalue weighted by molar-refractivity contribution is -0.173. The first-order valence-corrected chi connectivity index (χ1v) is 9.38. The van der Waals surface area contributed by atoms with Crippen molar-refractivity contribution in [1.82, 2.24) is 0 Å². The van der Waals surface area contributed by atoms with Crippen LogP contribution in [0.1, 0.15) is 54.9 Å². The lowest BCUT2D eigenvalue weighted by atomic mass is 9.94. The molecule has 0 aliphatic heterocycles. The normalized spacial score (nSPS) is 14.4. The highest BCUT2D eigenvalue weighted by atomic mass is 32.2. The van der Waals surface area contributed by atoms with Gasteiger partial charge in [0, 0.05) is 25.0 Å². The molecular weight excluding hydrogens is 364 g/mol. The Kier molecular flexibility index (Phi) is 9.22. The second kappa shape index (κ2) is 9.62. The van der Waals surface area contributed by atoms with Crippen LogP contribution in [0, 0.1) is 11.3 Å². The van der Waals surface area contributed by atoms with Crippen LogP contribution in [-0.2, 0) is 23.9 Å². The quantitative estimate of drug-likeness (QED) is 0.383. The second-order valence-electron chi connectivity index (χ2n) is 7.40. The van der Waals surface area contributed by atoms with Crippen molar-refractivity contribution in [3.05, 3.63) is 0 Å². The molecule has 2 atom stereocenters. The van der Waals surface area contributed by atoms with Crippen molar-refractivity contribution in [1.29, 1.82) is 0 Å². The van der Waals surface area contributed by atoms with Crippen LogP contribution in [0.25, 0.3) is 0 Å². The summed E-state index contributed by atoms with van der Waals surface area (Å²) in [5.41, 5.74) is -0.701. The Morgan fingerprint density at radius 1 is 1.04 bits per heavy atom. The molecule has 0 fully saturated rings. The van der Waals surface area contributed by atoms with Gasteiger partial charge in [0.05, 0.1) is 10.2 Å². The molecule has 8 heteroatoms. The number of ether oxygens (including phenoxy) is 2. The van der Waals surface area contributed by atoms with Crippen molar-refractivity contribution in [2.75, 3.05) is 5.75 Å². The molecule has 144 valence electrons. The Balaban J connectivity index is 4.51. The van der Waals surface area contributed by atoms with E-state index in [4.69, 9.17) is 9.47 Å². The minimum Gasteiger partial charge on any atom is -0.425 e. The van der Waals surface area contributed by atoms with E-state index in [9.17, 15) is 19.2 Å². The predicted octanol–water partition coefficient (Wildman–Crippen LogP) is 3.66. The van der Waals surface area contributed by atoms with Gasteiger partial charge < -0.3 is 9.47 Å². The van der Waals surface area contributed by atoms with Crippen LogP contribution in [0.3, 0.4) is 0 Å². The Morgan fingerprint density at radius 3 is 1.96 bits per heavy atom. The van der Waals surface area contributed by atoms with E-state index in [1.165, 1.54) is 13.8 Å². The first-order valence-electron chi connectivity index (χ1n) is 7.95. The molecule has 0 radical (unpaired) electrons. The van der Waals surface area contributed by atoms with Crippen molar-refractivity contribution in [2.24, 2.45) is 11.3 Å². The van der Waals surface area contributed by atoms with Crippen molar-refractivity contribution in [3.63, 3.8) is 0 Å². The van der Waals surface area contributed by atoms with E-state index in [2.05, 4.69) is 12.6 Å². The third kappa shape index (κ3) is 9.89. The van der Waals surface area contributed by atoms with Gasteiger partial charge in [0.2, 0.25) is 6.29 Å². The summed E-state index contributed by atoms with van der Waals surface area (Å²) in [6.07, 6.45) is -1.01. The number of thiol groups is 1. The van der Waals surface area contributed by atoms with Gasteiger partial charge in [-0.1, -0.05) is 0 Å². The molecule has 0 saturated heterocycles. The third-order valence-electron chi connectivity index (χ3n) is 3.24. The Bertz CT molecular complexity index is 516. The zero-order valence-corrected chi connectivity index (χ0v) is 17.6. The summed E-state index contributed by atoms with van der Waals surface area (Å²) in [7, 11) is 0. The fourth-order valence-corrected chi connectivity index (χ4v) is 2.47. The SMILES string of the molecule is CC(=O)[C@H](CSC(=O)O[C@H](C)OC(=O)C(C)(C)C)CC(=O)C(C)(C)S. The molecule has 0 bridgehead atoms. The smallest absolute Gasteiger partial charge is 0.370 e. The van der Waals surface area contributed by atoms with E-state index in [1.807, 2.05) is 0 Å².